The second-order valence-corrected chi connectivity index (χ2v) is 3.72. The first kappa shape index (κ1) is 12.2. The van der Waals surface area contributed by atoms with Crippen molar-refractivity contribution in [2.24, 2.45) is 0 Å². The molecule has 86 valence electrons. The van der Waals surface area contributed by atoms with E-state index >= 15 is 0 Å². The van der Waals surface area contributed by atoms with Gasteiger partial charge in [0.05, 0.1) is 6.42 Å². The second-order valence-electron chi connectivity index (χ2n) is 3.72. The highest BCUT2D eigenvalue weighted by Gasteiger charge is 2.08. The van der Waals surface area contributed by atoms with E-state index < -0.39 is 5.97 Å². The second kappa shape index (κ2) is 5.30. The molecule has 0 aliphatic carbocycles. The van der Waals surface area contributed by atoms with Gasteiger partial charge in [-0.3, -0.25) is 9.59 Å². The molecule has 0 saturated heterocycles. The molecule has 4 nitrogen and oxygen atoms in total. The largest absolute Gasteiger partial charge is 0.480 e. The molecule has 0 bridgehead atoms. The molecule has 0 heterocycles. The van der Waals surface area contributed by atoms with Crippen LogP contribution < -0.4 is 5.32 Å². The highest BCUT2D eigenvalue weighted by atomic mass is 16.4. The summed E-state index contributed by atoms with van der Waals surface area (Å²) in [6.07, 6.45) is 0.228. The zero-order valence-corrected chi connectivity index (χ0v) is 9.41. The maximum absolute atomic E-state index is 11.4. The van der Waals surface area contributed by atoms with Crippen molar-refractivity contribution in [2.75, 3.05) is 6.54 Å². The minimum atomic E-state index is -1.03. The Balaban J connectivity index is 2.66. The van der Waals surface area contributed by atoms with Gasteiger partial charge in [0.25, 0.3) is 0 Å². The number of hydrogen-bond donors (Lipinski definition) is 2. The van der Waals surface area contributed by atoms with E-state index in [4.69, 9.17) is 5.11 Å². The van der Waals surface area contributed by atoms with Gasteiger partial charge in [-0.15, -0.1) is 0 Å². The first-order valence-corrected chi connectivity index (χ1v) is 5.04. The fourth-order valence-electron chi connectivity index (χ4n) is 1.53. The van der Waals surface area contributed by atoms with E-state index in [0.717, 1.165) is 16.7 Å². The highest BCUT2D eigenvalue weighted by molar-refractivity contribution is 5.83. The van der Waals surface area contributed by atoms with Crippen molar-refractivity contribution in [1.29, 1.82) is 0 Å². The van der Waals surface area contributed by atoms with Gasteiger partial charge in [-0.2, -0.15) is 0 Å². The lowest BCUT2D eigenvalue weighted by Crippen LogP contribution is -2.30. The number of aliphatic carboxylic acids is 1. The number of aryl methyl sites for hydroxylation is 2. The van der Waals surface area contributed by atoms with Crippen LogP contribution in [0.3, 0.4) is 0 Å². The monoisotopic (exact) mass is 221 g/mol. The van der Waals surface area contributed by atoms with Gasteiger partial charge in [0, 0.05) is 0 Å². The van der Waals surface area contributed by atoms with E-state index in [1.807, 2.05) is 32.0 Å². The fourth-order valence-corrected chi connectivity index (χ4v) is 1.53. The Hall–Kier alpha value is -1.84. The van der Waals surface area contributed by atoms with E-state index in [0.29, 0.717) is 0 Å². The van der Waals surface area contributed by atoms with Gasteiger partial charge < -0.3 is 10.4 Å². The van der Waals surface area contributed by atoms with Crippen LogP contribution in [0.5, 0.6) is 0 Å². The molecule has 1 aromatic carbocycles. The topological polar surface area (TPSA) is 66.4 Å². The van der Waals surface area contributed by atoms with Crippen molar-refractivity contribution in [1.82, 2.24) is 5.32 Å². The molecule has 0 aromatic heterocycles. The van der Waals surface area contributed by atoms with Crippen molar-refractivity contribution in [2.45, 2.75) is 20.3 Å². The predicted octanol–water partition coefficient (Wildman–Crippen LogP) is 1.05. The Morgan fingerprint density at radius 3 is 2.31 bits per heavy atom. The Bertz CT molecular complexity index is 392. The van der Waals surface area contributed by atoms with Gasteiger partial charge in [-0.05, 0) is 30.5 Å². The number of amides is 1. The molecule has 0 radical (unpaired) electrons. The van der Waals surface area contributed by atoms with E-state index in [9.17, 15) is 9.59 Å². The normalized spacial score (nSPS) is 9.88. The van der Waals surface area contributed by atoms with Crippen LogP contribution in [-0.2, 0) is 16.0 Å². The minimum absolute atomic E-state index is 0.228. The van der Waals surface area contributed by atoms with Crippen LogP contribution in [0.1, 0.15) is 16.7 Å². The number of benzene rings is 1. The summed E-state index contributed by atoms with van der Waals surface area (Å²) in [6.45, 7) is 3.55. The number of nitrogens with one attached hydrogen (secondary N) is 1. The van der Waals surface area contributed by atoms with Crippen LogP contribution >= 0.6 is 0 Å². The molecular formula is C12H15NO3. The number of carboxylic acid groups (broad SMARTS) is 1. The van der Waals surface area contributed by atoms with Crippen molar-refractivity contribution < 1.29 is 14.7 Å². The molecule has 16 heavy (non-hydrogen) atoms. The number of hydrogen-bond acceptors (Lipinski definition) is 2. The Morgan fingerprint density at radius 2 is 1.81 bits per heavy atom. The summed E-state index contributed by atoms with van der Waals surface area (Å²) in [5.74, 6) is -1.30. The van der Waals surface area contributed by atoms with Crippen LogP contribution in [0.2, 0.25) is 0 Å². The molecule has 1 amide bonds. The average Bonchev–Trinajstić information content (AvgIpc) is 2.21. The van der Waals surface area contributed by atoms with Gasteiger partial charge in [0.2, 0.25) is 5.91 Å². The zero-order chi connectivity index (χ0) is 12.1. The first-order valence-electron chi connectivity index (χ1n) is 5.04. The molecular weight excluding hydrogens is 206 g/mol. The van der Waals surface area contributed by atoms with E-state index in [2.05, 4.69) is 5.32 Å². The third-order valence-electron chi connectivity index (χ3n) is 2.42. The average molecular weight is 221 g/mol. The summed E-state index contributed by atoms with van der Waals surface area (Å²) in [5.41, 5.74) is 3.06. The molecule has 0 aliphatic rings. The van der Waals surface area contributed by atoms with Gasteiger partial charge in [0.15, 0.2) is 0 Å². The van der Waals surface area contributed by atoms with Crippen molar-refractivity contribution >= 4 is 11.9 Å². The lowest BCUT2D eigenvalue weighted by atomic mass is 10.00. The highest BCUT2D eigenvalue weighted by Crippen LogP contribution is 2.13. The van der Waals surface area contributed by atoms with Crippen LogP contribution in [0.4, 0.5) is 0 Å². The SMILES string of the molecule is Cc1cccc(C)c1CC(=O)NCC(=O)O. The number of carboxylic acids is 1. The summed E-state index contributed by atoms with van der Waals surface area (Å²) < 4.78 is 0. The Labute approximate surface area is 94.3 Å². The van der Waals surface area contributed by atoms with Gasteiger partial charge in [-0.25, -0.2) is 0 Å². The molecule has 0 fully saturated rings. The lowest BCUT2D eigenvalue weighted by molar-refractivity contribution is -0.137. The minimum Gasteiger partial charge on any atom is -0.480 e. The zero-order valence-electron chi connectivity index (χ0n) is 9.41. The molecule has 2 N–H and O–H groups in total. The van der Waals surface area contributed by atoms with Crippen LogP contribution in [-0.4, -0.2) is 23.5 Å². The van der Waals surface area contributed by atoms with Gasteiger partial charge >= 0.3 is 5.97 Å². The van der Waals surface area contributed by atoms with Crippen LogP contribution in [0.25, 0.3) is 0 Å². The maximum atomic E-state index is 11.4. The summed E-state index contributed by atoms with van der Waals surface area (Å²) in [7, 11) is 0. The summed E-state index contributed by atoms with van der Waals surface area (Å²) in [6, 6.07) is 5.81. The van der Waals surface area contributed by atoms with Gasteiger partial charge in [-0.1, -0.05) is 18.2 Å². The maximum Gasteiger partial charge on any atom is 0.322 e. The van der Waals surface area contributed by atoms with Crippen molar-refractivity contribution in [3.05, 3.63) is 34.9 Å². The van der Waals surface area contributed by atoms with Crippen LogP contribution in [0.15, 0.2) is 18.2 Å². The summed E-state index contributed by atoms with van der Waals surface area (Å²) in [5, 5.41) is 10.8. The first-order chi connectivity index (χ1) is 7.50. The van der Waals surface area contributed by atoms with E-state index in [1.165, 1.54) is 0 Å². The summed E-state index contributed by atoms with van der Waals surface area (Å²) in [4.78, 5) is 21.7. The molecule has 4 heteroatoms. The molecule has 1 aromatic rings. The quantitative estimate of drug-likeness (QED) is 0.798. The van der Waals surface area contributed by atoms with Gasteiger partial charge in [0.1, 0.15) is 6.54 Å². The van der Waals surface area contributed by atoms with E-state index in [1.54, 1.807) is 0 Å². The molecule has 0 atom stereocenters. The number of carbonyl (C=O) groups excluding carboxylic acids is 1. The Morgan fingerprint density at radius 1 is 1.25 bits per heavy atom. The third kappa shape index (κ3) is 3.38. The summed E-state index contributed by atoms with van der Waals surface area (Å²) >= 11 is 0. The van der Waals surface area contributed by atoms with Crippen molar-refractivity contribution in [3.63, 3.8) is 0 Å². The molecule has 0 unspecified atom stereocenters. The fraction of sp³-hybridized carbons (Fsp3) is 0.333. The molecule has 0 spiro atoms. The molecule has 0 saturated carbocycles. The Kier molecular flexibility index (Phi) is 4.05. The number of carbonyl (C=O) groups is 2. The smallest absolute Gasteiger partial charge is 0.322 e. The predicted molar refractivity (Wildman–Crippen MR) is 60.3 cm³/mol. The van der Waals surface area contributed by atoms with Crippen molar-refractivity contribution in [3.8, 4) is 0 Å². The van der Waals surface area contributed by atoms with Crippen LogP contribution in [0, 0.1) is 13.8 Å². The number of rotatable bonds is 4. The standard InChI is InChI=1S/C12H15NO3/c1-8-4-3-5-9(2)10(8)6-11(14)13-7-12(15)16/h3-5H,6-7H2,1-2H3,(H,13,14)(H,15,16). The molecule has 1 rings (SSSR count). The van der Waals surface area contributed by atoms with E-state index in [-0.39, 0.29) is 18.9 Å². The molecule has 0 aliphatic heterocycles. The third-order valence-corrected chi connectivity index (χ3v) is 2.42. The lowest BCUT2D eigenvalue weighted by Gasteiger charge is -2.09.